The van der Waals surface area contributed by atoms with E-state index in [0.717, 1.165) is 34.5 Å². The molecule has 0 unspecified atom stereocenters. The first-order valence-corrected chi connectivity index (χ1v) is 5.94. The molecule has 0 bridgehead atoms. The van der Waals surface area contributed by atoms with Crippen molar-refractivity contribution >= 4 is 15.9 Å². The van der Waals surface area contributed by atoms with Crippen molar-refractivity contribution in [2.24, 2.45) is 0 Å². The van der Waals surface area contributed by atoms with Gasteiger partial charge in [0.25, 0.3) is 0 Å². The smallest absolute Gasteiger partial charge is 0.116 e. The fraction of sp³-hybridized carbons (Fsp3) is 0.167. The zero-order valence-electron chi connectivity index (χ0n) is 8.57. The Hall–Kier alpha value is -1.26. The Labute approximate surface area is 102 Å². The first-order chi connectivity index (χ1) is 7.86. The van der Waals surface area contributed by atoms with Gasteiger partial charge < -0.3 is 5.32 Å². The predicted octanol–water partition coefficient (Wildman–Crippen LogP) is 2.51. The van der Waals surface area contributed by atoms with Crippen LogP contribution in [0.1, 0.15) is 11.3 Å². The summed E-state index contributed by atoms with van der Waals surface area (Å²) in [6.07, 6.45) is 1.64. The molecule has 4 heteroatoms. The molecule has 80 valence electrons. The van der Waals surface area contributed by atoms with E-state index in [0.29, 0.717) is 0 Å². The summed E-state index contributed by atoms with van der Waals surface area (Å²) in [5.74, 6) is 0. The van der Waals surface area contributed by atoms with E-state index in [4.69, 9.17) is 0 Å². The van der Waals surface area contributed by atoms with Gasteiger partial charge in [0.05, 0.1) is 11.4 Å². The standard InChI is InChI=1S/C12H10BrN3/c13-10-4-2-1-3-8(10)12-9-5-14-6-11(9)15-7-16-12/h1-4,7,14H,5-6H2. The molecule has 0 saturated carbocycles. The highest BCUT2D eigenvalue weighted by molar-refractivity contribution is 9.10. The maximum atomic E-state index is 4.40. The van der Waals surface area contributed by atoms with Crippen molar-refractivity contribution in [3.05, 3.63) is 46.3 Å². The Kier molecular flexibility index (Phi) is 2.46. The lowest BCUT2D eigenvalue weighted by molar-refractivity contribution is 0.758. The molecule has 1 aromatic heterocycles. The number of benzene rings is 1. The maximum Gasteiger partial charge on any atom is 0.116 e. The highest BCUT2D eigenvalue weighted by Crippen LogP contribution is 2.31. The van der Waals surface area contributed by atoms with Crippen molar-refractivity contribution in [2.75, 3.05) is 0 Å². The van der Waals surface area contributed by atoms with Crippen LogP contribution >= 0.6 is 15.9 Å². The highest BCUT2D eigenvalue weighted by Gasteiger charge is 2.18. The van der Waals surface area contributed by atoms with Crippen LogP contribution in [0, 0.1) is 0 Å². The fourth-order valence-corrected chi connectivity index (χ4v) is 2.45. The van der Waals surface area contributed by atoms with Gasteiger partial charge in [-0.25, -0.2) is 9.97 Å². The summed E-state index contributed by atoms with van der Waals surface area (Å²) in [6, 6.07) is 8.14. The molecule has 16 heavy (non-hydrogen) atoms. The van der Waals surface area contributed by atoms with Crippen molar-refractivity contribution in [1.82, 2.24) is 15.3 Å². The first-order valence-electron chi connectivity index (χ1n) is 5.14. The second kappa shape index (κ2) is 3.96. The van der Waals surface area contributed by atoms with E-state index < -0.39 is 0 Å². The number of fused-ring (bicyclic) bond motifs is 1. The summed E-state index contributed by atoms with van der Waals surface area (Å²) in [7, 11) is 0. The molecule has 0 radical (unpaired) electrons. The summed E-state index contributed by atoms with van der Waals surface area (Å²) in [5.41, 5.74) is 4.49. The van der Waals surface area contributed by atoms with E-state index in [1.165, 1.54) is 5.56 Å². The van der Waals surface area contributed by atoms with Crippen molar-refractivity contribution in [2.45, 2.75) is 13.1 Å². The summed E-state index contributed by atoms with van der Waals surface area (Å²) >= 11 is 3.56. The van der Waals surface area contributed by atoms with Crippen molar-refractivity contribution < 1.29 is 0 Å². The monoisotopic (exact) mass is 275 g/mol. The molecule has 0 aliphatic carbocycles. The van der Waals surface area contributed by atoms with Crippen molar-refractivity contribution in [3.8, 4) is 11.3 Å². The second-order valence-electron chi connectivity index (χ2n) is 3.73. The van der Waals surface area contributed by atoms with E-state index in [2.05, 4.69) is 37.3 Å². The van der Waals surface area contributed by atoms with Crippen LogP contribution in [0.4, 0.5) is 0 Å². The molecule has 3 nitrogen and oxygen atoms in total. The Morgan fingerprint density at radius 3 is 2.88 bits per heavy atom. The largest absolute Gasteiger partial charge is 0.307 e. The van der Waals surface area contributed by atoms with Gasteiger partial charge in [-0.15, -0.1) is 0 Å². The van der Waals surface area contributed by atoms with Gasteiger partial charge in [-0.2, -0.15) is 0 Å². The normalized spacial score (nSPS) is 13.8. The molecule has 1 N–H and O–H groups in total. The summed E-state index contributed by atoms with van der Waals surface area (Å²) in [4.78, 5) is 8.69. The molecule has 0 atom stereocenters. The molecule has 0 saturated heterocycles. The summed E-state index contributed by atoms with van der Waals surface area (Å²) in [6.45, 7) is 1.70. The van der Waals surface area contributed by atoms with Crippen LogP contribution in [0.3, 0.4) is 0 Å². The Bertz CT molecular complexity index is 540. The van der Waals surface area contributed by atoms with Crippen molar-refractivity contribution in [1.29, 1.82) is 0 Å². The molecule has 0 amide bonds. The van der Waals surface area contributed by atoms with E-state index >= 15 is 0 Å². The average molecular weight is 276 g/mol. The van der Waals surface area contributed by atoms with Crippen LogP contribution in [0.5, 0.6) is 0 Å². The molecule has 2 aromatic rings. The number of hydrogen-bond donors (Lipinski definition) is 1. The first kappa shape index (κ1) is 9.93. The highest BCUT2D eigenvalue weighted by atomic mass is 79.9. The third-order valence-electron chi connectivity index (χ3n) is 2.76. The number of halogens is 1. The van der Waals surface area contributed by atoms with Crippen LogP contribution in [0.25, 0.3) is 11.3 Å². The SMILES string of the molecule is Brc1ccccc1-c1ncnc2c1CNC2. The third-order valence-corrected chi connectivity index (χ3v) is 3.45. The van der Waals surface area contributed by atoms with Crippen molar-refractivity contribution in [3.63, 3.8) is 0 Å². The van der Waals surface area contributed by atoms with E-state index in [9.17, 15) is 0 Å². The summed E-state index contributed by atoms with van der Waals surface area (Å²) < 4.78 is 1.07. The molecular formula is C12H10BrN3. The number of hydrogen-bond acceptors (Lipinski definition) is 3. The van der Waals surface area contributed by atoms with E-state index in [-0.39, 0.29) is 0 Å². The van der Waals surface area contributed by atoms with E-state index in [1.807, 2.05) is 18.2 Å². The van der Waals surface area contributed by atoms with Crippen LogP contribution in [-0.4, -0.2) is 9.97 Å². The molecule has 1 aliphatic rings. The van der Waals surface area contributed by atoms with Gasteiger partial charge in [-0.1, -0.05) is 34.1 Å². The molecule has 2 heterocycles. The van der Waals surface area contributed by atoms with Gasteiger partial charge in [-0.3, -0.25) is 0 Å². The van der Waals surface area contributed by atoms with Gasteiger partial charge in [0.1, 0.15) is 6.33 Å². The van der Waals surface area contributed by atoms with E-state index in [1.54, 1.807) is 6.33 Å². The minimum absolute atomic E-state index is 0.843. The molecule has 0 fully saturated rings. The maximum absolute atomic E-state index is 4.40. The zero-order valence-corrected chi connectivity index (χ0v) is 10.2. The van der Waals surface area contributed by atoms with Crippen LogP contribution in [0.15, 0.2) is 35.1 Å². The third kappa shape index (κ3) is 1.54. The Morgan fingerprint density at radius 1 is 1.12 bits per heavy atom. The molecule has 0 spiro atoms. The summed E-state index contributed by atoms with van der Waals surface area (Å²) in [5, 5.41) is 3.30. The topological polar surface area (TPSA) is 37.8 Å². The second-order valence-corrected chi connectivity index (χ2v) is 4.59. The zero-order chi connectivity index (χ0) is 11.0. The van der Waals surface area contributed by atoms with Crippen LogP contribution < -0.4 is 5.32 Å². The fourth-order valence-electron chi connectivity index (χ4n) is 1.98. The molecule has 3 rings (SSSR count). The van der Waals surface area contributed by atoms with Crippen LogP contribution in [-0.2, 0) is 13.1 Å². The Morgan fingerprint density at radius 2 is 2.00 bits per heavy atom. The number of nitrogens with zero attached hydrogens (tertiary/aromatic N) is 2. The minimum atomic E-state index is 0.843. The molecule has 1 aromatic carbocycles. The lowest BCUT2D eigenvalue weighted by Gasteiger charge is -2.07. The molecular weight excluding hydrogens is 266 g/mol. The minimum Gasteiger partial charge on any atom is -0.307 e. The lowest BCUT2D eigenvalue weighted by Crippen LogP contribution is -2.00. The van der Waals surface area contributed by atoms with Gasteiger partial charge in [0.15, 0.2) is 0 Å². The number of nitrogens with one attached hydrogen (secondary N) is 1. The van der Waals surface area contributed by atoms with Gasteiger partial charge in [-0.05, 0) is 6.07 Å². The molecule has 1 aliphatic heterocycles. The van der Waals surface area contributed by atoms with Gasteiger partial charge in [0, 0.05) is 28.7 Å². The predicted molar refractivity (Wildman–Crippen MR) is 65.7 cm³/mol. The number of rotatable bonds is 1. The Balaban J connectivity index is 2.21. The number of aromatic nitrogens is 2. The average Bonchev–Trinajstić information content (AvgIpc) is 2.77. The lowest BCUT2D eigenvalue weighted by atomic mass is 10.1. The van der Waals surface area contributed by atoms with Gasteiger partial charge in [0.2, 0.25) is 0 Å². The van der Waals surface area contributed by atoms with Gasteiger partial charge >= 0.3 is 0 Å². The van der Waals surface area contributed by atoms with Crippen LogP contribution in [0.2, 0.25) is 0 Å². The quantitative estimate of drug-likeness (QED) is 0.869.